The number of unbranched alkanes of at least 4 members (excludes halogenated alkanes) is 1. The molecule has 2 heterocycles. The minimum atomic E-state index is 0.408. The number of nitrogens with zero attached hydrogens (tertiary/aromatic N) is 5. The molecule has 2 aromatic heterocycles. The van der Waals surface area contributed by atoms with Crippen LogP contribution in [0.25, 0.3) is 11.5 Å². The van der Waals surface area contributed by atoms with Gasteiger partial charge in [0.1, 0.15) is 24.9 Å². The van der Waals surface area contributed by atoms with Gasteiger partial charge in [-0.05, 0) is 30.7 Å². The van der Waals surface area contributed by atoms with E-state index in [-0.39, 0.29) is 0 Å². The summed E-state index contributed by atoms with van der Waals surface area (Å²) in [5, 5.41) is 12.1. The molecule has 0 saturated carbocycles. The Morgan fingerprint density at radius 3 is 2.77 bits per heavy atom. The van der Waals surface area contributed by atoms with Crippen molar-refractivity contribution < 1.29 is 9.15 Å². The second kappa shape index (κ2) is 6.84. The fraction of sp³-hybridized carbons (Fsp3) is 0.333. The predicted octanol–water partition coefficient (Wildman–Crippen LogP) is 2.56. The van der Waals surface area contributed by atoms with Crippen LogP contribution in [0.15, 0.2) is 41.3 Å². The summed E-state index contributed by atoms with van der Waals surface area (Å²) >= 11 is 0. The van der Waals surface area contributed by atoms with Gasteiger partial charge in [-0.25, -0.2) is 9.67 Å². The van der Waals surface area contributed by atoms with Crippen LogP contribution in [0.2, 0.25) is 0 Å². The van der Waals surface area contributed by atoms with Crippen LogP contribution in [0, 0.1) is 0 Å². The van der Waals surface area contributed by atoms with E-state index < -0.39 is 0 Å². The highest BCUT2D eigenvalue weighted by atomic mass is 16.5. The first-order valence-electron chi connectivity index (χ1n) is 7.23. The lowest BCUT2D eigenvalue weighted by Crippen LogP contribution is -1.99. The summed E-state index contributed by atoms with van der Waals surface area (Å²) in [6.07, 6.45) is 5.24. The molecule has 0 spiro atoms. The zero-order valence-corrected chi connectivity index (χ0v) is 12.3. The zero-order chi connectivity index (χ0) is 15.2. The third-order valence-corrected chi connectivity index (χ3v) is 3.10. The molecule has 3 rings (SSSR count). The molecule has 0 amide bonds. The minimum absolute atomic E-state index is 0.408. The lowest BCUT2D eigenvalue weighted by Gasteiger charge is -2.05. The summed E-state index contributed by atoms with van der Waals surface area (Å²) in [6.45, 7) is 3.28. The Balaban J connectivity index is 1.65. The second-order valence-corrected chi connectivity index (χ2v) is 4.82. The molecule has 0 unspecified atom stereocenters. The van der Waals surface area contributed by atoms with E-state index in [9.17, 15) is 0 Å². The van der Waals surface area contributed by atoms with Gasteiger partial charge in [-0.15, -0.1) is 10.2 Å². The Bertz CT molecular complexity index is 691. The number of aromatic nitrogens is 5. The maximum atomic E-state index is 5.63. The Morgan fingerprint density at radius 1 is 1.18 bits per heavy atom. The van der Waals surface area contributed by atoms with E-state index in [1.807, 2.05) is 24.3 Å². The summed E-state index contributed by atoms with van der Waals surface area (Å²) in [6, 6.07) is 7.64. The number of ether oxygens (including phenoxy) is 1. The van der Waals surface area contributed by atoms with Crippen LogP contribution in [-0.4, -0.2) is 31.6 Å². The molecular formula is C15H17N5O2. The SMILES string of the molecule is CCCCOc1ccc(-c2nnc(Cn3cncn3)o2)cc1. The second-order valence-electron chi connectivity index (χ2n) is 4.82. The van der Waals surface area contributed by atoms with Crippen LogP contribution in [-0.2, 0) is 6.54 Å². The van der Waals surface area contributed by atoms with Crippen molar-refractivity contribution in [3.63, 3.8) is 0 Å². The highest BCUT2D eigenvalue weighted by Gasteiger charge is 2.09. The van der Waals surface area contributed by atoms with Crippen LogP contribution >= 0.6 is 0 Å². The first kappa shape index (κ1) is 14.2. The molecule has 0 saturated heterocycles. The van der Waals surface area contributed by atoms with Gasteiger partial charge < -0.3 is 9.15 Å². The van der Waals surface area contributed by atoms with Crippen LogP contribution in [0.4, 0.5) is 0 Å². The van der Waals surface area contributed by atoms with Crippen molar-refractivity contribution in [3.05, 3.63) is 42.8 Å². The molecule has 7 heteroatoms. The normalized spacial score (nSPS) is 10.8. The average Bonchev–Trinajstić information content (AvgIpc) is 3.21. The predicted molar refractivity (Wildman–Crippen MR) is 79.3 cm³/mol. The quantitative estimate of drug-likeness (QED) is 0.624. The molecule has 0 fully saturated rings. The summed E-state index contributed by atoms with van der Waals surface area (Å²) in [5.74, 6) is 1.82. The lowest BCUT2D eigenvalue weighted by atomic mass is 10.2. The molecule has 1 aromatic carbocycles. The molecule has 0 aliphatic heterocycles. The number of hydrogen-bond donors (Lipinski definition) is 0. The number of hydrogen-bond acceptors (Lipinski definition) is 6. The van der Waals surface area contributed by atoms with Gasteiger partial charge >= 0.3 is 0 Å². The van der Waals surface area contributed by atoms with Gasteiger partial charge in [0, 0.05) is 5.56 Å². The van der Waals surface area contributed by atoms with Crippen LogP contribution in [0.5, 0.6) is 5.75 Å². The van der Waals surface area contributed by atoms with Gasteiger partial charge in [0.05, 0.1) is 6.61 Å². The third kappa shape index (κ3) is 3.49. The lowest BCUT2D eigenvalue weighted by molar-refractivity contribution is 0.309. The molecule has 114 valence electrons. The summed E-state index contributed by atoms with van der Waals surface area (Å²) in [5.41, 5.74) is 0.861. The first-order chi connectivity index (χ1) is 10.8. The van der Waals surface area contributed by atoms with Crippen molar-refractivity contribution in [2.45, 2.75) is 26.3 Å². The molecule has 3 aromatic rings. The van der Waals surface area contributed by atoms with E-state index in [0.717, 1.165) is 30.8 Å². The average molecular weight is 299 g/mol. The van der Waals surface area contributed by atoms with Gasteiger partial charge in [-0.1, -0.05) is 13.3 Å². The Kier molecular flexibility index (Phi) is 4.43. The van der Waals surface area contributed by atoms with E-state index in [1.165, 1.54) is 6.33 Å². The highest BCUT2D eigenvalue weighted by Crippen LogP contribution is 2.21. The smallest absolute Gasteiger partial charge is 0.247 e. The molecule has 0 atom stereocenters. The van der Waals surface area contributed by atoms with Crippen molar-refractivity contribution in [2.24, 2.45) is 0 Å². The van der Waals surface area contributed by atoms with E-state index >= 15 is 0 Å². The molecule has 0 aliphatic carbocycles. The number of rotatable bonds is 7. The fourth-order valence-electron chi connectivity index (χ4n) is 1.92. The van der Waals surface area contributed by atoms with E-state index in [4.69, 9.17) is 9.15 Å². The Morgan fingerprint density at radius 2 is 2.05 bits per heavy atom. The van der Waals surface area contributed by atoms with Gasteiger partial charge in [0.2, 0.25) is 11.8 Å². The number of benzene rings is 1. The van der Waals surface area contributed by atoms with Crippen molar-refractivity contribution in [1.82, 2.24) is 25.0 Å². The molecule has 0 radical (unpaired) electrons. The third-order valence-electron chi connectivity index (χ3n) is 3.10. The maximum Gasteiger partial charge on any atom is 0.247 e. The fourth-order valence-corrected chi connectivity index (χ4v) is 1.92. The summed E-state index contributed by atoms with van der Waals surface area (Å²) < 4.78 is 12.9. The van der Waals surface area contributed by atoms with E-state index in [1.54, 1.807) is 11.0 Å². The summed E-state index contributed by atoms with van der Waals surface area (Å²) in [4.78, 5) is 3.87. The summed E-state index contributed by atoms with van der Waals surface area (Å²) in [7, 11) is 0. The first-order valence-corrected chi connectivity index (χ1v) is 7.23. The monoisotopic (exact) mass is 299 g/mol. The van der Waals surface area contributed by atoms with Crippen molar-refractivity contribution in [2.75, 3.05) is 6.61 Å². The van der Waals surface area contributed by atoms with E-state index in [2.05, 4.69) is 27.2 Å². The Labute approximate surface area is 128 Å². The van der Waals surface area contributed by atoms with Gasteiger partial charge in [-0.3, -0.25) is 0 Å². The highest BCUT2D eigenvalue weighted by molar-refractivity contribution is 5.53. The van der Waals surface area contributed by atoms with Crippen molar-refractivity contribution >= 4 is 0 Å². The topological polar surface area (TPSA) is 78.9 Å². The largest absolute Gasteiger partial charge is 0.494 e. The molecule has 0 aliphatic rings. The van der Waals surface area contributed by atoms with Crippen molar-refractivity contribution in [3.8, 4) is 17.2 Å². The van der Waals surface area contributed by atoms with Gasteiger partial charge in [-0.2, -0.15) is 5.10 Å². The maximum absolute atomic E-state index is 5.63. The molecule has 22 heavy (non-hydrogen) atoms. The molecular weight excluding hydrogens is 282 g/mol. The van der Waals surface area contributed by atoms with Crippen LogP contribution in [0.3, 0.4) is 0 Å². The van der Waals surface area contributed by atoms with Gasteiger partial charge in [0.25, 0.3) is 0 Å². The van der Waals surface area contributed by atoms with E-state index in [0.29, 0.717) is 18.3 Å². The standard InChI is InChI=1S/C15H17N5O2/c1-2-3-8-21-13-6-4-12(5-7-13)15-19-18-14(22-15)9-20-11-16-10-17-20/h4-7,10-11H,2-3,8-9H2,1H3. The Hall–Kier alpha value is -2.70. The minimum Gasteiger partial charge on any atom is -0.494 e. The van der Waals surface area contributed by atoms with Gasteiger partial charge in [0.15, 0.2) is 0 Å². The van der Waals surface area contributed by atoms with Crippen molar-refractivity contribution in [1.29, 1.82) is 0 Å². The molecule has 0 bridgehead atoms. The zero-order valence-electron chi connectivity index (χ0n) is 12.3. The molecule has 0 N–H and O–H groups in total. The van der Waals surface area contributed by atoms with Crippen LogP contribution in [0.1, 0.15) is 25.7 Å². The van der Waals surface area contributed by atoms with Crippen LogP contribution < -0.4 is 4.74 Å². The molecule has 7 nitrogen and oxygen atoms in total.